The molecule has 1 heterocycles. The van der Waals surface area contributed by atoms with Crippen LogP contribution in [0.3, 0.4) is 0 Å². The second kappa shape index (κ2) is 7.62. The van der Waals surface area contributed by atoms with E-state index in [0.29, 0.717) is 32.9 Å². The van der Waals surface area contributed by atoms with Gasteiger partial charge in [0.15, 0.2) is 0 Å². The average Bonchev–Trinajstić information content (AvgIpc) is 2.59. The van der Waals surface area contributed by atoms with Crippen molar-refractivity contribution in [2.45, 2.75) is 5.92 Å². The van der Waals surface area contributed by atoms with Crippen molar-refractivity contribution < 1.29 is 9.90 Å². The number of anilines is 1. The zero-order valence-corrected chi connectivity index (χ0v) is 15.2. The lowest BCUT2D eigenvalue weighted by Crippen LogP contribution is -2.41. The van der Waals surface area contributed by atoms with E-state index in [1.54, 1.807) is 30.5 Å². The first-order chi connectivity index (χ1) is 12.0. The summed E-state index contributed by atoms with van der Waals surface area (Å²) in [4.78, 5) is 11.9. The maximum absolute atomic E-state index is 11.9. The molecule has 0 radical (unpaired) electrons. The van der Waals surface area contributed by atoms with Gasteiger partial charge in [-0.15, -0.1) is 0 Å². The van der Waals surface area contributed by atoms with Crippen molar-refractivity contribution in [1.82, 2.24) is 5.32 Å². The van der Waals surface area contributed by atoms with Gasteiger partial charge >= 0.3 is 6.03 Å². The van der Waals surface area contributed by atoms with Crippen LogP contribution < -0.4 is 10.3 Å². The number of benzene rings is 2. The zero-order valence-electron chi connectivity index (χ0n) is 12.9. The summed E-state index contributed by atoms with van der Waals surface area (Å²) in [5, 5.41) is 19.0. The van der Waals surface area contributed by atoms with Gasteiger partial charge in [0.2, 0.25) is 0 Å². The molecular weight excluding hydrogens is 385 g/mol. The quantitative estimate of drug-likeness (QED) is 0.807. The zero-order chi connectivity index (χ0) is 18.0. The van der Waals surface area contributed by atoms with E-state index in [0.717, 1.165) is 5.56 Å². The van der Waals surface area contributed by atoms with Gasteiger partial charge in [0.25, 0.3) is 0 Å². The van der Waals surface area contributed by atoms with Crippen LogP contribution in [0.1, 0.15) is 17.0 Å². The number of aliphatic hydroxyl groups excluding tert-OH is 1. The molecule has 0 aliphatic carbocycles. The molecule has 130 valence electrons. The molecule has 25 heavy (non-hydrogen) atoms. The fourth-order valence-corrected chi connectivity index (χ4v) is 3.52. The van der Waals surface area contributed by atoms with E-state index >= 15 is 0 Å². The summed E-state index contributed by atoms with van der Waals surface area (Å²) in [5.74, 6) is -0.412. The highest BCUT2D eigenvalue weighted by Crippen LogP contribution is 2.39. The van der Waals surface area contributed by atoms with Gasteiger partial charge in [0, 0.05) is 27.2 Å². The Morgan fingerprint density at radius 3 is 2.36 bits per heavy atom. The number of halogens is 3. The molecule has 8 heteroatoms. The maximum atomic E-state index is 11.9. The third kappa shape index (κ3) is 3.75. The fraction of sp³-hybridized carbons (Fsp3) is 0.176. The summed E-state index contributed by atoms with van der Waals surface area (Å²) in [6, 6.07) is 9.94. The van der Waals surface area contributed by atoms with E-state index in [-0.39, 0.29) is 12.6 Å². The van der Waals surface area contributed by atoms with Crippen molar-refractivity contribution in [1.29, 1.82) is 0 Å². The van der Waals surface area contributed by atoms with Crippen molar-refractivity contribution in [3.05, 3.63) is 62.6 Å². The normalized spacial score (nSPS) is 15.2. The van der Waals surface area contributed by atoms with E-state index in [2.05, 4.69) is 10.4 Å². The van der Waals surface area contributed by atoms with Crippen LogP contribution in [0.4, 0.5) is 10.5 Å². The van der Waals surface area contributed by atoms with Gasteiger partial charge in [-0.3, -0.25) is 0 Å². The summed E-state index contributed by atoms with van der Waals surface area (Å²) in [6.07, 6.45) is 1.57. The van der Waals surface area contributed by atoms with Crippen molar-refractivity contribution in [3.63, 3.8) is 0 Å². The first-order valence-electron chi connectivity index (χ1n) is 7.47. The maximum Gasteiger partial charge on any atom is 0.342 e. The minimum atomic E-state index is -0.412. The molecule has 2 amide bonds. The topological polar surface area (TPSA) is 64.9 Å². The molecule has 2 N–H and O–H groups in total. The number of amides is 2. The van der Waals surface area contributed by atoms with E-state index in [4.69, 9.17) is 34.8 Å². The number of nitrogens with one attached hydrogen (secondary N) is 1. The molecule has 2 aromatic rings. The predicted molar refractivity (Wildman–Crippen MR) is 101 cm³/mol. The summed E-state index contributed by atoms with van der Waals surface area (Å²) >= 11 is 18.8. The van der Waals surface area contributed by atoms with Gasteiger partial charge in [0.1, 0.15) is 0 Å². The third-order valence-electron chi connectivity index (χ3n) is 3.85. The lowest BCUT2D eigenvalue weighted by molar-refractivity contribution is 0.247. The molecule has 0 saturated carbocycles. The molecule has 5 nitrogen and oxygen atoms in total. The Balaban J connectivity index is 2.02. The number of carbonyl (C=O) groups is 1. The molecule has 0 aromatic heterocycles. The smallest absolute Gasteiger partial charge is 0.342 e. The Morgan fingerprint density at radius 2 is 1.80 bits per heavy atom. The number of hydrogen-bond acceptors (Lipinski definition) is 3. The van der Waals surface area contributed by atoms with Crippen LogP contribution in [-0.4, -0.2) is 30.5 Å². The molecule has 0 saturated heterocycles. The fourth-order valence-electron chi connectivity index (χ4n) is 2.65. The molecule has 1 aliphatic rings. The Hall–Kier alpha value is -1.79. The lowest BCUT2D eigenvalue weighted by atomic mass is 9.91. The number of nitrogens with zero attached hydrogens (tertiary/aromatic N) is 2. The van der Waals surface area contributed by atoms with Gasteiger partial charge in [-0.2, -0.15) is 10.1 Å². The molecule has 2 aromatic carbocycles. The molecule has 1 unspecified atom stereocenters. The standard InChI is InChI=1S/C17H14Cl3N3O2/c18-11-3-1-10(2-4-11)13(9-24)16-14(19)7-12(8-15(16)20)23-17(25)21-5-6-22-23/h1-4,6-8,13,24H,5,9H2,(H,21,25). The number of hydrazone groups is 1. The molecule has 3 rings (SSSR count). The Labute approximate surface area is 159 Å². The van der Waals surface area contributed by atoms with Gasteiger partial charge in [-0.25, -0.2) is 4.79 Å². The first-order valence-corrected chi connectivity index (χ1v) is 8.60. The highest BCUT2D eigenvalue weighted by Gasteiger charge is 2.24. The minimum absolute atomic E-state index is 0.178. The van der Waals surface area contributed by atoms with Gasteiger partial charge in [-0.05, 0) is 35.4 Å². The molecule has 0 spiro atoms. The predicted octanol–water partition coefficient (Wildman–Crippen LogP) is 4.29. The largest absolute Gasteiger partial charge is 0.395 e. The van der Waals surface area contributed by atoms with E-state index in [1.807, 2.05) is 12.1 Å². The van der Waals surface area contributed by atoms with Crippen LogP contribution in [0.25, 0.3) is 0 Å². The molecular formula is C17H14Cl3N3O2. The molecule has 0 fully saturated rings. The Bertz CT molecular complexity index is 801. The van der Waals surface area contributed by atoms with Crippen LogP contribution in [0.5, 0.6) is 0 Å². The minimum Gasteiger partial charge on any atom is -0.395 e. The summed E-state index contributed by atoms with van der Waals surface area (Å²) in [5.41, 5.74) is 1.86. The number of aliphatic hydroxyl groups is 1. The summed E-state index contributed by atoms with van der Waals surface area (Å²) in [6.45, 7) is 0.195. The molecule has 1 atom stereocenters. The Kier molecular flexibility index (Phi) is 5.49. The van der Waals surface area contributed by atoms with Crippen LogP contribution in [0, 0.1) is 0 Å². The highest BCUT2D eigenvalue weighted by molar-refractivity contribution is 6.36. The van der Waals surface area contributed by atoms with Gasteiger partial charge in [-0.1, -0.05) is 46.9 Å². The summed E-state index contributed by atoms with van der Waals surface area (Å²) < 4.78 is 0. The van der Waals surface area contributed by atoms with Crippen LogP contribution in [0.15, 0.2) is 41.5 Å². The Morgan fingerprint density at radius 1 is 1.16 bits per heavy atom. The van der Waals surface area contributed by atoms with E-state index < -0.39 is 5.92 Å². The van der Waals surface area contributed by atoms with Crippen LogP contribution in [-0.2, 0) is 0 Å². The van der Waals surface area contributed by atoms with Crippen LogP contribution in [0.2, 0.25) is 15.1 Å². The van der Waals surface area contributed by atoms with Crippen molar-refractivity contribution in [2.24, 2.45) is 5.10 Å². The monoisotopic (exact) mass is 397 g/mol. The lowest BCUT2D eigenvalue weighted by Gasteiger charge is -2.24. The van der Waals surface area contributed by atoms with Crippen molar-refractivity contribution >= 4 is 52.7 Å². The van der Waals surface area contributed by atoms with Crippen molar-refractivity contribution in [3.8, 4) is 0 Å². The van der Waals surface area contributed by atoms with Crippen LogP contribution >= 0.6 is 34.8 Å². The molecule has 0 bridgehead atoms. The van der Waals surface area contributed by atoms with Gasteiger partial charge < -0.3 is 10.4 Å². The number of urea groups is 1. The second-order valence-electron chi connectivity index (χ2n) is 5.41. The average molecular weight is 399 g/mol. The van der Waals surface area contributed by atoms with E-state index in [1.165, 1.54) is 5.01 Å². The highest BCUT2D eigenvalue weighted by atomic mass is 35.5. The number of rotatable bonds is 4. The molecule has 1 aliphatic heterocycles. The summed E-state index contributed by atoms with van der Waals surface area (Å²) in [7, 11) is 0. The number of hydrogen-bond donors (Lipinski definition) is 2. The SMILES string of the molecule is O=C1NCC=NN1c1cc(Cl)c(C(CO)c2ccc(Cl)cc2)c(Cl)c1. The first kappa shape index (κ1) is 18.0. The van der Waals surface area contributed by atoms with E-state index in [9.17, 15) is 9.90 Å². The van der Waals surface area contributed by atoms with Gasteiger partial charge in [0.05, 0.1) is 18.8 Å². The third-order valence-corrected chi connectivity index (χ3v) is 4.72. The van der Waals surface area contributed by atoms with Crippen molar-refractivity contribution in [2.75, 3.05) is 18.2 Å². The second-order valence-corrected chi connectivity index (χ2v) is 6.66. The number of carbonyl (C=O) groups excluding carboxylic acids is 1.